The normalized spacial score (nSPS) is 12.1. The summed E-state index contributed by atoms with van der Waals surface area (Å²) < 4.78 is 37.2. The predicted molar refractivity (Wildman–Crippen MR) is 59.3 cm³/mol. The van der Waals surface area contributed by atoms with E-state index in [2.05, 4.69) is 10.2 Å². The van der Waals surface area contributed by atoms with Crippen LogP contribution in [0.2, 0.25) is 10.3 Å². The van der Waals surface area contributed by atoms with E-state index in [1.54, 1.807) is 6.07 Å². The standard InChI is InChI=1S/C10H5Cl2F3N2/c11-8-6-3-1-2-5(4-10(13,14)15)7(6)9(12)17-16-8/h1-3H,4H2. The maximum Gasteiger partial charge on any atom is 0.393 e. The summed E-state index contributed by atoms with van der Waals surface area (Å²) in [5.41, 5.74) is 0.0387. The van der Waals surface area contributed by atoms with Gasteiger partial charge in [-0.15, -0.1) is 10.2 Å². The fourth-order valence-electron chi connectivity index (χ4n) is 1.57. The van der Waals surface area contributed by atoms with E-state index < -0.39 is 12.6 Å². The molecule has 0 aliphatic rings. The van der Waals surface area contributed by atoms with Crippen LogP contribution < -0.4 is 0 Å². The molecule has 0 N–H and O–H groups in total. The van der Waals surface area contributed by atoms with E-state index in [4.69, 9.17) is 23.2 Å². The molecule has 0 fully saturated rings. The molecule has 90 valence electrons. The van der Waals surface area contributed by atoms with Crippen molar-refractivity contribution in [2.75, 3.05) is 0 Å². The first-order valence-electron chi connectivity index (χ1n) is 4.54. The summed E-state index contributed by atoms with van der Waals surface area (Å²) in [6.45, 7) is 0. The van der Waals surface area contributed by atoms with Gasteiger partial charge < -0.3 is 0 Å². The molecule has 1 aromatic heterocycles. The molecule has 0 spiro atoms. The second-order valence-corrected chi connectivity index (χ2v) is 4.13. The van der Waals surface area contributed by atoms with Gasteiger partial charge in [-0.2, -0.15) is 13.2 Å². The number of halogens is 5. The van der Waals surface area contributed by atoms with Crippen LogP contribution in [0, 0.1) is 0 Å². The number of aromatic nitrogens is 2. The number of hydrogen-bond acceptors (Lipinski definition) is 2. The molecule has 0 saturated carbocycles. The number of hydrogen-bond donors (Lipinski definition) is 0. The lowest BCUT2D eigenvalue weighted by atomic mass is 10.0. The molecule has 2 aromatic rings. The molecule has 2 nitrogen and oxygen atoms in total. The Morgan fingerprint density at radius 1 is 1.06 bits per heavy atom. The van der Waals surface area contributed by atoms with Crippen LogP contribution in [0.1, 0.15) is 5.56 Å². The van der Waals surface area contributed by atoms with Crippen LogP contribution in [-0.4, -0.2) is 16.4 Å². The first kappa shape index (κ1) is 12.4. The lowest BCUT2D eigenvalue weighted by molar-refractivity contribution is -0.126. The third-order valence-electron chi connectivity index (χ3n) is 2.20. The van der Waals surface area contributed by atoms with Gasteiger partial charge in [0.15, 0.2) is 10.3 Å². The van der Waals surface area contributed by atoms with Crippen molar-refractivity contribution in [1.82, 2.24) is 10.2 Å². The van der Waals surface area contributed by atoms with Crippen LogP contribution in [0.5, 0.6) is 0 Å². The number of alkyl halides is 3. The lowest BCUT2D eigenvalue weighted by Crippen LogP contribution is -2.12. The molecule has 0 bridgehead atoms. The summed E-state index contributed by atoms with van der Waals surface area (Å²) in [6, 6.07) is 4.38. The summed E-state index contributed by atoms with van der Waals surface area (Å²) in [5, 5.41) is 7.59. The van der Waals surface area contributed by atoms with Gasteiger partial charge in [0.25, 0.3) is 0 Å². The molecule has 7 heteroatoms. The maximum absolute atomic E-state index is 12.4. The van der Waals surface area contributed by atoms with Gasteiger partial charge in [0, 0.05) is 10.8 Å². The highest BCUT2D eigenvalue weighted by Crippen LogP contribution is 2.32. The Morgan fingerprint density at radius 3 is 2.35 bits per heavy atom. The molecule has 0 radical (unpaired) electrons. The van der Waals surface area contributed by atoms with Gasteiger partial charge in [-0.1, -0.05) is 41.4 Å². The third kappa shape index (κ3) is 2.61. The summed E-state index contributed by atoms with van der Waals surface area (Å²) >= 11 is 11.5. The van der Waals surface area contributed by atoms with E-state index in [1.807, 2.05) is 0 Å². The number of benzene rings is 1. The highest BCUT2D eigenvalue weighted by Gasteiger charge is 2.29. The molecule has 17 heavy (non-hydrogen) atoms. The average Bonchev–Trinajstić information content (AvgIpc) is 2.21. The van der Waals surface area contributed by atoms with Crippen LogP contribution in [0.15, 0.2) is 18.2 Å². The highest BCUT2D eigenvalue weighted by atomic mass is 35.5. The molecule has 0 saturated heterocycles. The molecule has 0 atom stereocenters. The van der Waals surface area contributed by atoms with Gasteiger partial charge in [0.2, 0.25) is 0 Å². The average molecular weight is 281 g/mol. The van der Waals surface area contributed by atoms with Crippen LogP contribution in [0.25, 0.3) is 10.8 Å². The van der Waals surface area contributed by atoms with Gasteiger partial charge in [0.1, 0.15) is 0 Å². The Morgan fingerprint density at radius 2 is 1.71 bits per heavy atom. The Balaban J connectivity index is 2.68. The van der Waals surface area contributed by atoms with Gasteiger partial charge >= 0.3 is 6.18 Å². The van der Waals surface area contributed by atoms with E-state index in [0.29, 0.717) is 5.39 Å². The summed E-state index contributed by atoms with van der Waals surface area (Å²) in [4.78, 5) is 0. The van der Waals surface area contributed by atoms with Crippen molar-refractivity contribution in [3.05, 3.63) is 34.1 Å². The highest BCUT2D eigenvalue weighted by molar-refractivity contribution is 6.38. The van der Waals surface area contributed by atoms with Crippen molar-refractivity contribution in [3.8, 4) is 0 Å². The van der Waals surface area contributed by atoms with Gasteiger partial charge in [-0.05, 0) is 5.56 Å². The molecule has 2 rings (SSSR count). The minimum Gasteiger partial charge on any atom is -0.171 e. The number of nitrogens with zero attached hydrogens (tertiary/aromatic N) is 2. The zero-order valence-corrected chi connectivity index (χ0v) is 9.74. The molecular formula is C10H5Cl2F3N2. The Hall–Kier alpha value is -1.07. The van der Waals surface area contributed by atoms with E-state index in [-0.39, 0.29) is 21.3 Å². The quantitative estimate of drug-likeness (QED) is 0.788. The molecular weight excluding hydrogens is 276 g/mol. The molecule has 1 heterocycles. The summed E-state index contributed by atoms with van der Waals surface area (Å²) in [7, 11) is 0. The van der Waals surface area contributed by atoms with Crippen molar-refractivity contribution in [2.45, 2.75) is 12.6 Å². The van der Waals surface area contributed by atoms with Crippen molar-refractivity contribution in [2.24, 2.45) is 0 Å². The van der Waals surface area contributed by atoms with Crippen molar-refractivity contribution < 1.29 is 13.2 Å². The number of rotatable bonds is 1. The van der Waals surface area contributed by atoms with Crippen LogP contribution in [-0.2, 0) is 6.42 Å². The minimum atomic E-state index is -4.31. The maximum atomic E-state index is 12.4. The van der Waals surface area contributed by atoms with Crippen molar-refractivity contribution in [1.29, 1.82) is 0 Å². The smallest absolute Gasteiger partial charge is 0.171 e. The molecule has 0 aliphatic carbocycles. The minimum absolute atomic E-state index is 0.0356. The zero-order valence-electron chi connectivity index (χ0n) is 8.22. The Bertz CT molecular complexity index is 569. The monoisotopic (exact) mass is 280 g/mol. The predicted octanol–water partition coefficient (Wildman–Crippen LogP) is 4.04. The first-order chi connectivity index (χ1) is 7.88. The van der Waals surface area contributed by atoms with E-state index in [1.165, 1.54) is 12.1 Å². The third-order valence-corrected chi connectivity index (χ3v) is 2.74. The molecule has 0 unspecified atom stereocenters. The van der Waals surface area contributed by atoms with E-state index in [0.717, 1.165) is 0 Å². The molecule has 1 aromatic carbocycles. The first-order valence-corrected chi connectivity index (χ1v) is 5.30. The van der Waals surface area contributed by atoms with Gasteiger partial charge in [-0.25, -0.2) is 0 Å². The van der Waals surface area contributed by atoms with Gasteiger partial charge in [-0.3, -0.25) is 0 Å². The fraction of sp³-hybridized carbons (Fsp3) is 0.200. The summed E-state index contributed by atoms with van der Waals surface area (Å²) in [6.07, 6.45) is -5.39. The van der Waals surface area contributed by atoms with Crippen molar-refractivity contribution in [3.63, 3.8) is 0 Å². The Labute approximate surface area is 104 Å². The van der Waals surface area contributed by atoms with Crippen LogP contribution >= 0.6 is 23.2 Å². The second kappa shape index (κ2) is 4.31. The van der Waals surface area contributed by atoms with E-state index >= 15 is 0 Å². The zero-order chi connectivity index (χ0) is 12.6. The lowest BCUT2D eigenvalue weighted by Gasteiger charge is -2.10. The van der Waals surface area contributed by atoms with E-state index in [9.17, 15) is 13.2 Å². The van der Waals surface area contributed by atoms with Gasteiger partial charge in [0.05, 0.1) is 6.42 Å². The second-order valence-electron chi connectivity index (χ2n) is 3.41. The van der Waals surface area contributed by atoms with Crippen molar-refractivity contribution >= 4 is 34.0 Å². The summed E-state index contributed by atoms with van der Waals surface area (Å²) in [5.74, 6) is 0. The Kier molecular flexibility index (Phi) is 3.14. The fourth-order valence-corrected chi connectivity index (χ4v) is 2.03. The van der Waals surface area contributed by atoms with Crippen LogP contribution in [0.3, 0.4) is 0 Å². The largest absolute Gasteiger partial charge is 0.393 e. The molecule has 0 aliphatic heterocycles. The van der Waals surface area contributed by atoms with Crippen LogP contribution in [0.4, 0.5) is 13.2 Å². The SMILES string of the molecule is FC(F)(F)Cc1cccc2c(Cl)nnc(Cl)c12. The number of fused-ring (bicyclic) bond motifs is 1. The molecule has 0 amide bonds. The topological polar surface area (TPSA) is 25.8 Å².